The average molecular weight is 493 g/mol. The molecule has 4 rings (SSSR count). The van der Waals surface area contributed by atoms with Crippen molar-refractivity contribution in [1.82, 2.24) is 9.88 Å². The van der Waals surface area contributed by atoms with Crippen LogP contribution in [0.5, 0.6) is 11.5 Å². The molecule has 32 heavy (non-hydrogen) atoms. The normalized spacial score (nSPS) is 13.8. The molecule has 1 N–H and O–H groups in total. The second kappa shape index (κ2) is 9.85. The van der Waals surface area contributed by atoms with Gasteiger partial charge in [0.15, 0.2) is 5.13 Å². The lowest BCUT2D eigenvalue weighted by molar-refractivity contribution is 0.0742. The molecule has 1 aromatic heterocycles. The molecule has 3 aromatic rings. The number of thiazole rings is 1. The Morgan fingerprint density at radius 1 is 1.03 bits per heavy atom. The lowest BCUT2D eigenvalue weighted by Gasteiger charge is -2.36. The van der Waals surface area contributed by atoms with E-state index >= 15 is 0 Å². The molecule has 1 aliphatic rings. The van der Waals surface area contributed by atoms with Crippen molar-refractivity contribution in [3.05, 3.63) is 57.5 Å². The second-order valence-corrected chi connectivity index (χ2v) is 8.78. The van der Waals surface area contributed by atoms with Crippen molar-refractivity contribution in [2.75, 3.05) is 50.6 Å². The van der Waals surface area contributed by atoms with Crippen LogP contribution in [-0.2, 0) is 0 Å². The number of rotatable bonds is 6. The smallest absolute Gasteiger partial charge is 0.273 e. The maximum atomic E-state index is 13.0. The molecule has 1 amide bonds. The number of nitrogens with one attached hydrogen (secondary N) is 1. The number of benzene rings is 2. The van der Waals surface area contributed by atoms with E-state index in [0.717, 1.165) is 11.4 Å². The van der Waals surface area contributed by atoms with Gasteiger partial charge in [0.25, 0.3) is 5.91 Å². The van der Waals surface area contributed by atoms with Crippen LogP contribution in [0.2, 0.25) is 10.0 Å². The van der Waals surface area contributed by atoms with E-state index in [-0.39, 0.29) is 5.91 Å². The number of carbonyl (C=O) groups is 1. The summed E-state index contributed by atoms with van der Waals surface area (Å²) in [7, 11) is 3.19. The molecule has 0 aliphatic carbocycles. The van der Waals surface area contributed by atoms with Crippen LogP contribution in [0.1, 0.15) is 10.5 Å². The molecule has 7 nitrogen and oxygen atoms in total. The third-order valence-electron chi connectivity index (χ3n) is 5.21. The predicted molar refractivity (Wildman–Crippen MR) is 130 cm³/mol. The fourth-order valence-corrected chi connectivity index (χ4v) is 4.45. The van der Waals surface area contributed by atoms with Crippen molar-refractivity contribution in [3.8, 4) is 11.5 Å². The van der Waals surface area contributed by atoms with Gasteiger partial charge in [0.1, 0.15) is 17.2 Å². The summed E-state index contributed by atoms with van der Waals surface area (Å²) in [5.41, 5.74) is 2.17. The molecule has 0 bridgehead atoms. The zero-order chi connectivity index (χ0) is 22.7. The fraction of sp³-hybridized carbons (Fsp3) is 0.273. The van der Waals surface area contributed by atoms with Gasteiger partial charge in [-0.25, -0.2) is 4.98 Å². The van der Waals surface area contributed by atoms with Gasteiger partial charge in [0.2, 0.25) is 0 Å². The molecule has 1 fully saturated rings. The number of anilines is 3. The average Bonchev–Trinajstić information content (AvgIpc) is 3.29. The summed E-state index contributed by atoms with van der Waals surface area (Å²) in [6.45, 7) is 2.63. The number of hydrogen-bond donors (Lipinski definition) is 1. The van der Waals surface area contributed by atoms with Crippen LogP contribution in [0, 0.1) is 0 Å². The van der Waals surface area contributed by atoms with Crippen molar-refractivity contribution in [2.45, 2.75) is 0 Å². The molecule has 0 unspecified atom stereocenters. The minimum Gasteiger partial charge on any atom is -0.497 e. The summed E-state index contributed by atoms with van der Waals surface area (Å²) in [5, 5.41) is 6.66. The van der Waals surface area contributed by atoms with Crippen LogP contribution in [-0.4, -0.2) is 56.2 Å². The van der Waals surface area contributed by atoms with Crippen molar-refractivity contribution >= 4 is 57.0 Å². The van der Waals surface area contributed by atoms with Gasteiger partial charge in [-0.1, -0.05) is 23.2 Å². The van der Waals surface area contributed by atoms with Gasteiger partial charge in [-0.05, 0) is 30.3 Å². The summed E-state index contributed by atoms with van der Waals surface area (Å²) >= 11 is 13.5. The Labute approximate surface area is 200 Å². The molecular formula is C22H22Cl2N4O3S. The maximum Gasteiger partial charge on any atom is 0.273 e. The molecule has 1 saturated heterocycles. The molecule has 2 aromatic carbocycles. The Balaban J connectivity index is 1.38. The number of methoxy groups -OCH3 is 2. The van der Waals surface area contributed by atoms with Crippen LogP contribution < -0.4 is 19.7 Å². The first-order valence-corrected chi connectivity index (χ1v) is 11.6. The Morgan fingerprint density at radius 2 is 1.81 bits per heavy atom. The number of carbonyl (C=O) groups excluding carboxylic acids is 1. The Hall–Kier alpha value is -2.68. The van der Waals surface area contributed by atoms with Crippen LogP contribution in [0.25, 0.3) is 0 Å². The first-order valence-electron chi connectivity index (χ1n) is 9.92. The minimum atomic E-state index is -0.0789. The Morgan fingerprint density at radius 3 is 2.50 bits per heavy atom. The zero-order valence-corrected chi connectivity index (χ0v) is 19.9. The van der Waals surface area contributed by atoms with Gasteiger partial charge in [0, 0.05) is 43.3 Å². The molecule has 10 heteroatoms. The van der Waals surface area contributed by atoms with Crippen molar-refractivity contribution in [2.24, 2.45) is 0 Å². The Kier molecular flexibility index (Phi) is 6.93. The topological polar surface area (TPSA) is 66.9 Å². The van der Waals surface area contributed by atoms with Gasteiger partial charge < -0.3 is 24.6 Å². The first kappa shape index (κ1) is 22.5. The molecule has 168 valence electrons. The molecule has 0 saturated carbocycles. The zero-order valence-electron chi connectivity index (χ0n) is 17.6. The number of amides is 1. The van der Waals surface area contributed by atoms with E-state index in [0.29, 0.717) is 58.5 Å². The van der Waals surface area contributed by atoms with Crippen molar-refractivity contribution < 1.29 is 14.3 Å². The lowest BCUT2D eigenvalue weighted by Crippen LogP contribution is -2.48. The quantitative estimate of drug-likeness (QED) is 0.511. The number of ether oxygens (including phenoxy) is 2. The van der Waals surface area contributed by atoms with E-state index in [1.807, 2.05) is 29.2 Å². The predicted octanol–water partition coefficient (Wildman–Crippen LogP) is 5.17. The summed E-state index contributed by atoms with van der Waals surface area (Å²) in [6, 6.07) is 11.1. The van der Waals surface area contributed by atoms with Gasteiger partial charge in [-0.2, -0.15) is 0 Å². The third kappa shape index (κ3) is 4.87. The van der Waals surface area contributed by atoms with Gasteiger partial charge >= 0.3 is 0 Å². The molecule has 0 radical (unpaired) electrons. The lowest BCUT2D eigenvalue weighted by atomic mass is 10.2. The highest BCUT2D eigenvalue weighted by molar-refractivity contribution is 7.14. The maximum absolute atomic E-state index is 13.0. The molecule has 0 spiro atoms. The summed E-state index contributed by atoms with van der Waals surface area (Å²) in [6.07, 6.45) is 0. The van der Waals surface area contributed by atoms with Crippen LogP contribution >= 0.6 is 34.5 Å². The van der Waals surface area contributed by atoms with E-state index < -0.39 is 0 Å². The number of hydrogen-bond acceptors (Lipinski definition) is 7. The minimum absolute atomic E-state index is 0.0789. The van der Waals surface area contributed by atoms with E-state index in [1.165, 1.54) is 11.3 Å². The highest BCUT2D eigenvalue weighted by Crippen LogP contribution is 2.33. The van der Waals surface area contributed by atoms with Gasteiger partial charge in [-0.15, -0.1) is 11.3 Å². The summed E-state index contributed by atoms with van der Waals surface area (Å²) in [4.78, 5) is 21.4. The van der Waals surface area contributed by atoms with Crippen molar-refractivity contribution in [3.63, 3.8) is 0 Å². The third-order valence-corrected chi connectivity index (χ3v) is 6.71. The molecular weight excluding hydrogens is 471 g/mol. The second-order valence-electron chi connectivity index (χ2n) is 7.11. The SMILES string of the molecule is COc1ccc(Nc2nc(C(=O)N3CCN(c4ccc(Cl)c(Cl)c4)CC3)cs2)c(OC)c1. The van der Waals surface area contributed by atoms with E-state index in [1.54, 1.807) is 31.7 Å². The van der Waals surface area contributed by atoms with E-state index in [9.17, 15) is 4.79 Å². The highest BCUT2D eigenvalue weighted by atomic mass is 35.5. The monoisotopic (exact) mass is 492 g/mol. The summed E-state index contributed by atoms with van der Waals surface area (Å²) in [5.74, 6) is 1.25. The standard InChI is InChI=1S/C22H22Cl2N4O3S/c1-30-15-4-6-18(20(12-15)31-2)25-22-26-19(13-32-22)21(29)28-9-7-27(8-10-28)14-3-5-16(23)17(24)11-14/h3-6,11-13H,7-10H2,1-2H3,(H,25,26). The van der Waals surface area contributed by atoms with Gasteiger partial charge in [0.05, 0.1) is 30.0 Å². The molecule has 1 aliphatic heterocycles. The van der Waals surface area contributed by atoms with Crippen LogP contribution in [0.4, 0.5) is 16.5 Å². The fourth-order valence-electron chi connectivity index (χ4n) is 3.46. The number of piperazine rings is 1. The molecule has 2 heterocycles. The van der Waals surface area contributed by atoms with Crippen LogP contribution in [0.15, 0.2) is 41.8 Å². The number of nitrogens with zero attached hydrogens (tertiary/aromatic N) is 3. The van der Waals surface area contributed by atoms with Crippen molar-refractivity contribution in [1.29, 1.82) is 0 Å². The van der Waals surface area contributed by atoms with Crippen LogP contribution in [0.3, 0.4) is 0 Å². The number of halogens is 2. The largest absolute Gasteiger partial charge is 0.497 e. The van der Waals surface area contributed by atoms with E-state index in [4.69, 9.17) is 32.7 Å². The Bertz CT molecular complexity index is 1120. The molecule has 0 atom stereocenters. The highest BCUT2D eigenvalue weighted by Gasteiger charge is 2.24. The summed E-state index contributed by atoms with van der Waals surface area (Å²) < 4.78 is 10.6. The number of aromatic nitrogens is 1. The first-order chi connectivity index (χ1) is 15.5. The van der Waals surface area contributed by atoms with E-state index in [2.05, 4.69) is 15.2 Å². The van der Waals surface area contributed by atoms with Gasteiger partial charge in [-0.3, -0.25) is 4.79 Å².